The van der Waals surface area contributed by atoms with Crippen LogP contribution in [-0.4, -0.2) is 33.5 Å². The summed E-state index contributed by atoms with van der Waals surface area (Å²) in [6.07, 6.45) is 8.27. The minimum Gasteiger partial charge on any atom is -0.478 e. The van der Waals surface area contributed by atoms with Crippen LogP contribution in [0.25, 0.3) is 0 Å². The zero-order valence-electron chi connectivity index (χ0n) is 19.8. The molecule has 4 aliphatic carbocycles. The zero-order valence-corrected chi connectivity index (χ0v) is 19.8. The molecule has 3 N–H and O–H groups in total. The molecule has 10 atom stereocenters. The molecule has 4 heteroatoms. The highest BCUT2D eigenvalue weighted by atomic mass is 16.4. The van der Waals surface area contributed by atoms with Crippen molar-refractivity contribution in [2.24, 2.45) is 40.4 Å². The van der Waals surface area contributed by atoms with Gasteiger partial charge in [-0.25, -0.2) is 4.79 Å². The van der Waals surface area contributed by atoms with Gasteiger partial charge in [0.25, 0.3) is 0 Å². The van der Waals surface area contributed by atoms with Crippen molar-refractivity contribution in [3.05, 3.63) is 35.4 Å². The lowest BCUT2D eigenvalue weighted by molar-refractivity contribution is -0.172. The summed E-state index contributed by atoms with van der Waals surface area (Å²) in [5.74, 6) is 2.26. The number of rotatable bonds is 3. The van der Waals surface area contributed by atoms with Crippen LogP contribution in [0.3, 0.4) is 0 Å². The molecule has 1 aromatic carbocycles. The second-order valence-electron chi connectivity index (χ2n) is 12.1. The Balaban J connectivity index is 1.41. The molecule has 0 spiro atoms. The number of aliphatic hydroxyl groups excluding tert-OH is 2. The first kappa shape index (κ1) is 22.4. The van der Waals surface area contributed by atoms with E-state index in [1.165, 1.54) is 24.8 Å². The minimum atomic E-state index is -0.884. The van der Waals surface area contributed by atoms with Crippen molar-refractivity contribution in [2.45, 2.75) is 90.3 Å². The number of carboxylic acid groups (broad SMARTS) is 1. The number of fused-ring (bicyclic) bond motifs is 5. The summed E-state index contributed by atoms with van der Waals surface area (Å²) in [6.45, 7) is 7.10. The molecule has 4 nitrogen and oxygen atoms in total. The lowest BCUT2D eigenvalue weighted by atomic mass is 9.43. The number of hydrogen-bond donors (Lipinski definition) is 3. The molecular weight excluding hydrogens is 400 g/mol. The maximum Gasteiger partial charge on any atom is 0.335 e. The minimum absolute atomic E-state index is 0.0799. The van der Waals surface area contributed by atoms with Gasteiger partial charge in [0.15, 0.2) is 0 Å². The van der Waals surface area contributed by atoms with Crippen molar-refractivity contribution >= 4 is 5.97 Å². The van der Waals surface area contributed by atoms with Crippen LogP contribution >= 0.6 is 0 Å². The van der Waals surface area contributed by atoms with Crippen LogP contribution in [0.2, 0.25) is 0 Å². The van der Waals surface area contributed by atoms with Gasteiger partial charge in [-0.1, -0.05) is 32.9 Å². The van der Waals surface area contributed by atoms with Crippen LogP contribution in [0.5, 0.6) is 0 Å². The maximum absolute atomic E-state index is 11.7. The third-order valence-corrected chi connectivity index (χ3v) is 11.1. The van der Waals surface area contributed by atoms with Gasteiger partial charge >= 0.3 is 5.97 Å². The van der Waals surface area contributed by atoms with E-state index in [1.54, 1.807) is 12.1 Å². The van der Waals surface area contributed by atoms with Crippen molar-refractivity contribution in [1.82, 2.24) is 0 Å². The van der Waals surface area contributed by atoms with Gasteiger partial charge in [-0.15, -0.1) is 0 Å². The van der Waals surface area contributed by atoms with E-state index in [0.717, 1.165) is 32.1 Å². The van der Waals surface area contributed by atoms with Crippen LogP contribution in [0, 0.1) is 40.4 Å². The fourth-order valence-electron chi connectivity index (χ4n) is 9.21. The van der Waals surface area contributed by atoms with Gasteiger partial charge in [-0.2, -0.15) is 0 Å². The molecule has 0 bridgehead atoms. The fraction of sp³-hybridized carbons (Fsp3) is 0.750. The third-order valence-electron chi connectivity index (χ3n) is 11.1. The summed E-state index contributed by atoms with van der Waals surface area (Å²) < 4.78 is 0. The van der Waals surface area contributed by atoms with Gasteiger partial charge in [0.2, 0.25) is 0 Å². The topological polar surface area (TPSA) is 77.8 Å². The van der Waals surface area contributed by atoms with E-state index in [2.05, 4.69) is 20.8 Å². The van der Waals surface area contributed by atoms with Gasteiger partial charge in [0.1, 0.15) is 0 Å². The molecular formula is C28H40O4. The van der Waals surface area contributed by atoms with Crippen LogP contribution in [0.4, 0.5) is 0 Å². The zero-order chi connectivity index (χ0) is 22.8. The lowest BCUT2D eigenvalue weighted by Gasteiger charge is -2.62. The van der Waals surface area contributed by atoms with Crippen LogP contribution in [0.15, 0.2) is 24.3 Å². The first-order valence-corrected chi connectivity index (χ1v) is 12.9. The second-order valence-corrected chi connectivity index (χ2v) is 12.1. The molecule has 4 fully saturated rings. The van der Waals surface area contributed by atoms with Crippen molar-refractivity contribution < 1.29 is 20.1 Å². The second kappa shape index (κ2) is 7.84. The van der Waals surface area contributed by atoms with E-state index in [4.69, 9.17) is 0 Å². The quantitative estimate of drug-likeness (QED) is 0.582. The molecule has 1 aromatic rings. The van der Waals surface area contributed by atoms with Gasteiger partial charge in [-0.3, -0.25) is 0 Å². The molecule has 0 amide bonds. The Labute approximate surface area is 192 Å². The summed E-state index contributed by atoms with van der Waals surface area (Å²) in [4.78, 5) is 11.3. The highest BCUT2D eigenvalue weighted by Gasteiger charge is 2.63. The number of aromatic carboxylic acids is 1. The Morgan fingerprint density at radius 1 is 0.969 bits per heavy atom. The van der Waals surface area contributed by atoms with E-state index < -0.39 is 5.97 Å². The SMILES string of the molecule is C[C@H](c1ccc(C(=O)O)cc1)[C@H]1CC[C@H]2[C@@H]3CCC4C[C@H](O)CC[C@]4(C)[C@H]3C[C@H](O)[C@]12C. The summed E-state index contributed by atoms with van der Waals surface area (Å²) in [5, 5.41) is 31.2. The standard InChI is InChI=1S/C28H40O4/c1-16(17-4-6-18(7-5-17)26(31)32)22-10-11-23-21-9-8-19-14-20(29)12-13-27(19,2)24(21)15-25(30)28(22,23)3/h4-7,16,19-25,29-30H,8-15H2,1-3H3,(H,31,32)/t16-,19?,20-,21+,22-,23+,24+,25+,27+,28-/m1/s1. The number of aliphatic hydroxyl groups is 2. The molecule has 0 saturated heterocycles. The molecule has 4 aliphatic rings. The largest absolute Gasteiger partial charge is 0.478 e. The number of carboxylic acids is 1. The molecule has 0 heterocycles. The van der Waals surface area contributed by atoms with Crippen LogP contribution in [-0.2, 0) is 0 Å². The highest BCUT2D eigenvalue weighted by molar-refractivity contribution is 5.87. The number of hydrogen-bond acceptors (Lipinski definition) is 3. The van der Waals surface area contributed by atoms with Crippen LogP contribution < -0.4 is 0 Å². The molecule has 4 saturated carbocycles. The van der Waals surface area contributed by atoms with E-state index >= 15 is 0 Å². The van der Waals surface area contributed by atoms with E-state index in [1.807, 2.05) is 12.1 Å². The van der Waals surface area contributed by atoms with Gasteiger partial charge < -0.3 is 15.3 Å². The summed E-state index contributed by atoms with van der Waals surface area (Å²) in [5.41, 5.74) is 1.71. The predicted octanol–water partition coefficient (Wildman–Crippen LogP) is 5.48. The lowest BCUT2D eigenvalue weighted by Crippen LogP contribution is -2.58. The maximum atomic E-state index is 11.7. The molecule has 176 valence electrons. The summed E-state index contributed by atoms with van der Waals surface area (Å²) in [7, 11) is 0. The molecule has 1 unspecified atom stereocenters. The average Bonchev–Trinajstić information content (AvgIpc) is 3.13. The van der Waals surface area contributed by atoms with Crippen molar-refractivity contribution in [1.29, 1.82) is 0 Å². The Morgan fingerprint density at radius 3 is 2.38 bits per heavy atom. The Morgan fingerprint density at radius 2 is 1.69 bits per heavy atom. The van der Waals surface area contributed by atoms with Gasteiger partial charge in [0, 0.05) is 0 Å². The number of carbonyl (C=O) groups is 1. The molecule has 0 aromatic heterocycles. The third kappa shape index (κ3) is 3.20. The van der Waals surface area contributed by atoms with E-state index in [-0.39, 0.29) is 23.0 Å². The Hall–Kier alpha value is -1.39. The highest BCUT2D eigenvalue weighted by Crippen LogP contribution is 2.68. The van der Waals surface area contributed by atoms with Gasteiger partial charge in [0.05, 0.1) is 17.8 Å². The first-order chi connectivity index (χ1) is 15.2. The molecule has 0 radical (unpaired) electrons. The van der Waals surface area contributed by atoms with E-state index in [9.17, 15) is 20.1 Å². The summed E-state index contributed by atoms with van der Waals surface area (Å²) >= 11 is 0. The van der Waals surface area contributed by atoms with Crippen molar-refractivity contribution in [3.8, 4) is 0 Å². The Bertz CT molecular complexity index is 865. The molecule has 0 aliphatic heterocycles. The smallest absolute Gasteiger partial charge is 0.335 e. The number of benzene rings is 1. The monoisotopic (exact) mass is 440 g/mol. The summed E-state index contributed by atoms with van der Waals surface area (Å²) in [6, 6.07) is 7.39. The molecule has 32 heavy (non-hydrogen) atoms. The van der Waals surface area contributed by atoms with E-state index in [0.29, 0.717) is 41.1 Å². The van der Waals surface area contributed by atoms with Crippen LogP contribution in [0.1, 0.15) is 94.0 Å². The van der Waals surface area contributed by atoms with Crippen molar-refractivity contribution in [2.75, 3.05) is 0 Å². The first-order valence-electron chi connectivity index (χ1n) is 12.9. The van der Waals surface area contributed by atoms with Crippen molar-refractivity contribution in [3.63, 3.8) is 0 Å². The van der Waals surface area contributed by atoms with Gasteiger partial charge in [-0.05, 0) is 115 Å². The normalized spacial score (nSPS) is 46.6. The average molecular weight is 441 g/mol. The Kier molecular flexibility index (Phi) is 5.49. The predicted molar refractivity (Wildman–Crippen MR) is 124 cm³/mol. The molecule has 5 rings (SSSR count). The fourth-order valence-corrected chi connectivity index (χ4v) is 9.21.